The molecule has 100 valence electrons. The number of thioether (sulfide) groups is 1. The molecule has 1 atom stereocenters. The number of hydrogen-bond acceptors (Lipinski definition) is 5. The molecule has 5 heteroatoms. The van der Waals surface area contributed by atoms with Crippen LogP contribution in [0.5, 0.6) is 0 Å². The molecule has 1 aromatic carbocycles. The van der Waals surface area contributed by atoms with E-state index in [2.05, 4.69) is 10.1 Å². The van der Waals surface area contributed by atoms with Crippen LogP contribution in [-0.2, 0) is 5.75 Å². The normalized spacial score (nSPS) is 16.5. The number of hydrogen-bond donors (Lipinski definition) is 1. The van der Waals surface area contributed by atoms with Gasteiger partial charge in [0.05, 0.1) is 11.9 Å². The fourth-order valence-electron chi connectivity index (χ4n) is 1.86. The van der Waals surface area contributed by atoms with Gasteiger partial charge < -0.3 is 9.63 Å². The van der Waals surface area contributed by atoms with Gasteiger partial charge in [-0.15, -0.1) is 0 Å². The standard InChI is InChI=1S/C14H16N2O2S/c17-12(10-4-2-1-3-5-10)8-19-9-13-15-14(18-16-13)11-6-7-11/h1-5,11-12,17H,6-9H2. The summed E-state index contributed by atoms with van der Waals surface area (Å²) in [6, 6.07) is 9.69. The van der Waals surface area contributed by atoms with Gasteiger partial charge in [-0.1, -0.05) is 35.5 Å². The number of aromatic nitrogens is 2. The molecular formula is C14H16N2O2S. The van der Waals surface area contributed by atoms with Gasteiger partial charge in [0.2, 0.25) is 5.89 Å². The Labute approximate surface area is 116 Å². The Morgan fingerprint density at radius 1 is 1.32 bits per heavy atom. The molecule has 1 aliphatic carbocycles. The first-order chi connectivity index (χ1) is 9.33. The molecule has 1 N–H and O–H groups in total. The van der Waals surface area contributed by atoms with Gasteiger partial charge in [0, 0.05) is 11.7 Å². The molecule has 0 saturated heterocycles. The van der Waals surface area contributed by atoms with Gasteiger partial charge in [-0.3, -0.25) is 0 Å². The van der Waals surface area contributed by atoms with Crippen LogP contribution >= 0.6 is 11.8 Å². The van der Waals surface area contributed by atoms with Crippen LogP contribution in [0.25, 0.3) is 0 Å². The Morgan fingerprint density at radius 2 is 2.11 bits per heavy atom. The maximum Gasteiger partial charge on any atom is 0.229 e. The second-order valence-electron chi connectivity index (χ2n) is 4.76. The van der Waals surface area contributed by atoms with E-state index in [-0.39, 0.29) is 0 Å². The predicted octanol–water partition coefficient (Wildman–Crippen LogP) is 2.91. The molecule has 3 rings (SSSR count). The van der Waals surface area contributed by atoms with Crippen LogP contribution in [0.1, 0.15) is 42.1 Å². The van der Waals surface area contributed by atoms with Crippen molar-refractivity contribution in [3.63, 3.8) is 0 Å². The first-order valence-electron chi connectivity index (χ1n) is 6.46. The van der Waals surface area contributed by atoms with Gasteiger partial charge in [0.15, 0.2) is 5.82 Å². The van der Waals surface area contributed by atoms with E-state index in [1.807, 2.05) is 30.3 Å². The number of aliphatic hydroxyl groups is 1. The molecule has 0 amide bonds. The molecule has 1 saturated carbocycles. The number of aliphatic hydroxyl groups excluding tert-OH is 1. The highest BCUT2D eigenvalue weighted by Crippen LogP contribution is 2.39. The van der Waals surface area contributed by atoms with Crippen molar-refractivity contribution >= 4 is 11.8 Å². The molecule has 0 bridgehead atoms. The first-order valence-corrected chi connectivity index (χ1v) is 7.61. The molecular weight excluding hydrogens is 260 g/mol. The van der Waals surface area contributed by atoms with Gasteiger partial charge in [0.1, 0.15) is 0 Å². The highest BCUT2D eigenvalue weighted by atomic mass is 32.2. The van der Waals surface area contributed by atoms with Gasteiger partial charge in [-0.05, 0) is 18.4 Å². The fourth-order valence-corrected chi connectivity index (χ4v) is 2.69. The summed E-state index contributed by atoms with van der Waals surface area (Å²) < 4.78 is 5.19. The van der Waals surface area contributed by atoms with Crippen LogP contribution in [0, 0.1) is 0 Å². The first kappa shape index (κ1) is 12.7. The summed E-state index contributed by atoms with van der Waals surface area (Å²) in [5, 5.41) is 14.0. The van der Waals surface area contributed by atoms with E-state index in [1.54, 1.807) is 11.8 Å². The van der Waals surface area contributed by atoms with E-state index >= 15 is 0 Å². The summed E-state index contributed by atoms with van der Waals surface area (Å²) in [5.74, 6) is 3.32. The second-order valence-corrected chi connectivity index (χ2v) is 5.79. The lowest BCUT2D eigenvalue weighted by Crippen LogP contribution is -2.00. The minimum atomic E-state index is -0.444. The van der Waals surface area contributed by atoms with E-state index in [4.69, 9.17) is 4.52 Å². The molecule has 19 heavy (non-hydrogen) atoms. The van der Waals surface area contributed by atoms with Crippen molar-refractivity contribution in [3.8, 4) is 0 Å². The monoisotopic (exact) mass is 276 g/mol. The number of rotatable bonds is 6. The lowest BCUT2D eigenvalue weighted by atomic mass is 10.1. The van der Waals surface area contributed by atoms with Crippen molar-refractivity contribution in [2.75, 3.05) is 5.75 Å². The third kappa shape index (κ3) is 3.36. The average molecular weight is 276 g/mol. The summed E-state index contributed by atoms with van der Waals surface area (Å²) >= 11 is 1.62. The largest absolute Gasteiger partial charge is 0.388 e. The second kappa shape index (κ2) is 5.75. The van der Waals surface area contributed by atoms with Gasteiger partial charge in [-0.25, -0.2) is 0 Å². The van der Waals surface area contributed by atoms with E-state index in [1.165, 1.54) is 12.8 Å². The number of benzene rings is 1. The predicted molar refractivity (Wildman–Crippen MR) is 73.8 cm³/mol. The Bertz CT molecular complexity index is 525. The summed E-state index contributed by atoms with van der Waals surface area (Å²) in [5.41, 5.74) is 0.946. The molecule has 1 heterocycles. The van der Waals surface area contributed by atoms with E-state index < -0.39 is 6.10 Å². The highest BCUT2D eigenvalue weighted by molar-refractivity contribution is 7.98. The molecule has 4 nitrogen and oxygen atoms in total. The molecule has 1 aliphatic rings. The Hall–Kier alpha value is -1.33. The lowest BCUT2D eigenvalue weighted by molar-refractivity contribution is 0.204. The molecule has 0 aliphatic heterocycles. The van der Waals surface area contributed by atoms with E-state index in [9.17, 15) is 5.11 Å². The van der Waals surface area contributed by atoms with E-state index in [0.29, 0.717) is 17.4 Å². The van der Waals surface area contributed by atoms with Gasteiger partial charge in [-0.2, -0.15) is 16.7 Å². The number of nitrogens with zero attached hydrogens (tertiary/aromatic N) is 2. The summed E-state index contributed by atoms with van der Waals surface area (Å²) in [6.07, 6.45) is 1.89. The van der Waals surface area contributed by atoms with Crippen LogP contribution < -0.4 is 0 Å². The third-order valence-corrected chi connectivity index (χ3v) is 4.12. The molecule has 1 fully saturated rings. The van der Waals surface area contributed by atoms with Crippen molar-refractivity contribution in [2.45, 2.75) is 30.6 Å². The van der Waals surface area contributed by atoms with Crippen molar-refractivity contribution in [1.82, 2.24) is 10.1 Å². The van der Waals surface area contributed by atoms with Crippen molar-refractivity contribution in [1.29, 1.82) is 0 Å². The quantitative estimate of drug-likeness (QED) is 0.879. The zero-order chi connectivity index (χ0) is 13.1. The minimum Gasteiger partial charge on any atom is -0.388 e. The van der Waals surface area contributed by atoms with Crippen LogP contribution in [0.2, 0.25) is 0 Å². The maximum atomic E-state index is 10.0. The zero-order valence-electron chi connectivity index (χ0n) is 10.5. The van der Waals surface area contributed by atoms with Gasteiger partial charge in [0.25, 0.3) is 0 Å². The van der Waals surface area contributed by atoms with Crippen molar-refractivity contribution in [3.05, 3.63) is 47.6 Å². The Kier molecular flexibility index (Phi) is 3.84. The third-order valence-electron chi connectivity index (χ3n) is 3.10. The van der Waals surface area contributed by atoms with Crippen LogP contribution in [0.4, 0.5) is 0 Å². The van der Waals surface area contributed by atoms with Gasteiger partial charge >= 0.3 is 0 Å². The summed E-state index contributed by atoms with van der Waals surface area (Å²) in [7, 11) is 0. The Balaban J connectivity index is 1.47. The summed E-state index contributed by atoms with van der Waals surface area (Å²) in [6.45, 7) is 0. The lowest BCUT2D eigenvalue weighted by Gasteiger charge is -2.09. The van der Waals surface area contributed by atoms with E-state index in [0.717, 1.165) is 17.3 Å². The topological polar surface area (TPSA) is 59.2 Å². The Morgan fingerprint density at radius 3 is 2.84 bits per heavy atom. The molecule has 1 aromatic heterocycles. The van der Waals surface area contributed by atoms with Crippen LogP contribution in [0.15, 0.2) is 34.9 Å². The molecule has 0 radical (unpaired) electrons. The average Bonchev–Trinajstić information content (AvgIpc) is 3.20. The maximum absolute atomic E-state index is 10.0. The smallest absolute Gasteiger partial charge is 0.229 e. The van der Waals surface area contributed by atoms with Crippen molar-refractivity contribution in [2.24, 2.45) is 0 Å². The summed E-state index contributed by atoms with van der Waals surface area (Å²) in [4.78, 5) is 4.36. The molecule has 2 aromatic rings. The molecule has 1 unspecified atom stereocenters. The van der Waals surface area contributed by atoms with Crippen LogP contribution in [-0.4, -0.2) is 21.0 Å². The highest BCUT2D eigenvalue weighted by Gasteiger charge is 2.29. The van der Waals surface area contributed by atoms with Crippen LogP contribution in [0.3, 0.4) is 0 Å². The zero-order valence-corrected chi connectivity index (χ0v) is 11.3. The van der Waals surface area contributed by atoms with Crippen molar-refractivity contribution < 1.29 is 9.63 Å². The molecule has 0 spiro atoms. The SMILES string of the molecule is OC(CSCc1noc(C2CC2)n1)c1ccccc1. The minimum absolute atomic E-state index is 0.444. The fraction of sp³-hybridized carbons (Fsp3) is 0.429.